The number of carbonyl (C=O) groups is 1. The van der Waals surface area contributed by atoms with Gasteiger partial charge in [-0.05, 0) is 17.7 Å². The summed E-state index contributed by atoms with van der Waals surface area (Å²) in [4.78, 5) is 13.4. The summed E-state index contributed by atoms with van der Waals surface area (Å²) in [6.07, 6.45) is -5.03. The Morgan fingerprint density at radius 3 is 2.46 bits per heavy atom. The van der Waals surface area contributed by atoms with Gasteiger partial charge in [0.15, 0.2) is 11.5 Å². The van der Waals surface area contributed by atoms with E-state index >= 15 is 0 Å². The molecule has 0 saturated heterocycles. The van der Waals surface area contributed by atoms with Gasteiger partial charge in [0.1, 0.15) is 0 Å². The molecule has 1 N–H and O–H groups in total. The van der Waals surface area contributed by atoms with Gasteiger partial charge in [-0.2, -0.15) is 13.2 Å². The van der Waals surface area contributed by atoms with Crippen LogP contribution < -0.4 is 14.8 Å². The molecule has 1 unspecified atom stereocenters. The maximum absolute atomic E-state index is 13.6. The Labute approximate surface area is 152 Å². The van der Waals surface area contributed by atoms with Crippen LogP contribution >= 0.6 is 11.6 Å². The standard InChI is InChI=1S/C17H14ClF3N2O3/c1-23(10-11-5-3-2-4-6-11)15(24)22-17(16(19,20)21)25-13-8-7-12(18)9-14(13)26-17/h2-9H,10H2,1H3,(H,22,24). The number of carbonyl (C=O) groups excluding carboxylic acids is 1. The summed E-state index contributed by atoms with van der Waals surface area (Å²) in [5.74, 6) is -3.69. The van der Waals surface area contributed by atoms with Gasteiger partial charge < -0.3 is 14.4 Å². The molecule has 138 valence electrons. The van der Waals surface area contributed by atoms with Crippen LogP contribution in [0.2, 0.25) is 5.02 Å². The number of amides is 2. The zero-order valence-electron chi connectivity index (χ0n) is 13.5. The number of nitrogens with zero attached hydrogens (tertiary/aromatic N) is 1. The average Bonchev–Trinajstić information content (AvgIpc) is 2.94. The van der Waals surface area contributed by atoms with E-state index in [0.717, 1.165) is 10.5 Å². The van der Waals surface area contributed by atoms with Crippen molar-refractivity contribution in [1.82, 2.24) is 10.2 Å². The third-order valence-electron chi connectivity index (χ3n) is 3.67. The molecule has 0 saturated carbocycles. The van der Waals surface area contributed by atoms with E-state index in [1.54, 1.807) is 35.6 Å². The molecule has 5 nitrogen and oxygen atoms in total. The minimum atomic E-state index is -5.03. The number of urea groups is 1. The number of hydrogen-bond acceptors (Lipinski definition) is 3. The number of ether oxygens (including phenoxy) is 2. The second kappa shape index (κ2) is 6.60. The minimum Gasteiger partial charge on any atom is -0.424 e. The summed E-state index contributed by atoms with van der Waals surface area (Å²) in [5.41, 5.74) is 0.759. The molecule has 0 aliphatic carbocycles. The molecule has 1 aliphatic heterocycles. The molecule has 2 amide bonds. The van der Waals surface area contributed by atoms with Gasteiger partial charge in [0.25, 0.3) is 0 Å². The Balaban J connectivity index is 1.79. The highest BCUT2D eigenvalue weighted by atomic mass is 35.5. The molecule has 0 bridgehead atoms. The van der Waals surface area contributed by atoms with Crippen LogP contribution in [0.3, 0.4) is 0 Å². The van der Waals surface area contributed by atoms with Crippen LogP contribution in [0.4, 0.5) is 18.0 Å². The predicted molar refractivity (Wildman–Crippen MR) is 87.9 cm³/mol. The Hall–Kier alpha value is -2.61. The molecule has 0 spiro atoms. The van der Waals surface area contributed by atoms with E-state index < -0.39 is 18.1 Å². The molecule has 2 aromatic rings. The van der Waals surface area contributed by atoms with Crippen molar-refractivity contribution in [2.24, 2.45) is 0 Å². The highest BCUT2D eigenvalue weighted by Crippen LogP contribution is 2.46. The summed E-state index contributed by atoms with van der Waals surface area (Å²) >= 11 is 5.76. The van der Waals surface area contributed by atoms with Crippen LogP contribution in [0.5, 0.6) is 11.5 Å². The largest absolute Gasteiger partial charge is 0.492 e. The summed E-state index contributed by atoms with van der Waals surface area (Å²) < 4.78 is 50.7. The van der Waals surface area contributed by atoms with Crippen LogP contribution in [0.1, 0.15) is 5.56 Å². The first kappa shape index (κ1) is 18.2. The van der Waals surface area contributed by atoms with Crippen molar-refractivity contribution in [3.63, 3.8) is 0 Å². The van der Waals surface area contributed by atoms with Crippen LogP contribution in [0.25, 0.3) is 0 Å². The Morgan fingerprint density at radius 1 is 1.15 bits per heavy atom. The van der Waals surface area contributed by atoms with Gasteiger partial charge >= 0.3 is 18.1 Å². The Morgan fingerprint density at radius 2 is 1.81 bits per heavy atom. The molecule has 0 fully saturated rings. The number of rotatable bonds is 3. The van der Waals surface area contributed by atoms with Crippen molar-refractivity contribution >= 4 is 17.6 Å². The Bertz CT molecular complexity index is 817. The number of fused-ring (bicyclic) bond motifs is 1. The monoisotopic (exact) mass is 386 g/mol. The zero-order chi connectivity index (χ0) is 18.9. The third kappa shape index (κ3) is 3.50. The molecule has 2 aromatic carbocycles. The molecule has 0 aromatic heterocycles. The molecular formula is C17H14ClF3N2O3. The van der Waals surface area contributed by atoms with Crippen molar-refractivity contribution in [3.05, 3.63) is 59.1 Å². The molecule has 1 aliphatic rings. The Kier molecular flexibility index (Phi) is 4.62. The molecule has 0 radical (unpaired) electrons. The van der Waals surface area contributed by atoms with E-state index in [2.05, 4.69) is 0 Å². The molecule has 3 rings (SSSR count). The lowest BCUT2D eigenvalue weighted by molar-refractivity contribution is -0.318. The van der Waals surface area contributed by atoms with E-state index in [-0.39, 0.29) is 23.1 Å². The fourth-order valence-electron chi connectivity index (χ4n) is 2.38. The first-order chi connectivity index (χ1) is 12.2. The number of nitrogens with one attached hydrogen (secondary N) is 1. The van der Waals surface area contributed by atoms with Crippen LogP contribution in [-0.2, 0) is 6.54 Å². The highest BCUT2D eigenvalue weighted by Gasteiger charge is 2.66. The van der Waals surface area contributed by atoms with Crippen molar-refractivity contribution in [3.8, 4) is 11.5 Å². The van der Waals surface area contributed by atoms with E-state index in [1.807, 2.05) is 0 Å². The second-order valence-corrected chi connectivity index (χ2v) is 6.12. The van der Waals surface area contributed by atoms with Gasteiger partial charge in [-0.3, -0.25) is 5.32 Å². The quantitative estimate of drug-likeness (QED) is 0.861. The summed E-state index contributed by atoms with van der Waals surface area (Å²) in [7, 11) is 1.37. The summed E-state index contributed by atoms with van der Waals surface area (Å²) in [5, 5.41) is 1.97. The van der Waals surface area contributed by atoms with E-state index in [4.69, 9.17) is 21.1 Å². The first-order valence-corrected chi connectivity index (χ1v) is 7.89. The molecular weight excluding hydrogens is 373 g/mol. The molecule has 1 atom stereocenters. The second-order valence-electron chi connectivity index (χ2n) is 5.68. The van der Waals surface area contributed by atoms with E-state index in [1.165, 1.54) is 25.2 Å². The average molecular weight is 387 g/mol. The maximum atomic E-state index is 13.6. The summed E-state index contributed by atoms with van der Waals surface area (Å²) in [6.45, 7) is 0.111. The lowest BCUT2D eigenvalue weighted by Gasteiger charge is -2.31. The third-order valence-corrected chi connectivity index (χ3v) is 3.90. The van der Waals surface area contributed by atoms with Gasteiger partial charge in [-0.1, -0.05) is 41.9 Å². The van der Waals surface area contributed by atoms with Gasteiger partial charge in [-0.25, -0.2) is 4.79 Å². The van der Waals surface area contributed by atoms with Gasteiger partial charge in [0, 0.05) is 24.7 Å². The zero-order valence-corrected chi connectivity index (χ0v) is 14.3. The van der Waals surface area contributed by atoms with E-state index in [0.29, 0.717) is 0 Å². The maximum Gasteiger partial charge on any atom is 0.492 e. The van der Waals surface area contributed by atoms with Crippen molar-refractivity contribution in [2.75, 3.05) is 7.05 Å². The predicted octanol–water partition coefficient (Wildman–Crippen LogP) is 4.17. The SMILES string of the molecule is CN(Cc1ccccc1)C(=O)NC1(C(F)(F)F)Oc2ccc(Cl)cc2O1. The van der Waals surface area contributed by atoms with Crippen molar-refractivity contribution in [2.45, 2.75) is 18.6 Å². The van der Waals surface area contributed by atoms with Gasteiger partial charge in [0.05, 0.1) is 0 Å². The number of hydrogen-bond donors (Lipinski definition) is 1. The van der Waals surface area contributed by atoms with Crippen LogP contribution in [0, 0.1) is 0 Å². The fraction of sp³-hybridized carbons (Fsp3) is 0.235. The first-order valence-electron chi connectivity index (χ1n) is 7.52. The number of halogens is 4. The van der Waals surface area contributed by atoms with Crippen molar-refractivity contribution < 1.29 is 27.4 Å². The van der Waals surface area contributed by atoms with Crippen LogP contribution in [0.15, 0.2) is 48.5 Å². The van der Waals surface area contributed by atoms with E-state index in [9.17, 15) is 18.0 Å². The smallest absolute Gasteiger partial charge is 0.424 e. The fourth-order valence-corrected chi connectivity index (χ4v) is 2.54. The normalized spacial score (nSPS) is 18.5. The molecule has 26 heavy (non-hydrogen) atoms. The lowest BCUT2D eigenvalue weighted by atomic mass is 10.2. The topological polar surface area (TPSA) is 50.8 Å². The van der Waals surface area contributed by atoms with Crippen molar-refractivity contribution in [1.29, 1.82) is 0 Å². The van der Waals surface area contributed by atoms with Gasteiger partial charge in [-0.15, -0.1) is 0 Å². The number of benzene rings is 2. The molecule has 9 heteroatoms. The summed E-state index contributed by atoms with van der Waals surface area (Å²) in [6, 6.07) is 11.6. The highest BCUT2D eigenvalue weighted by molar-refractivity contribution is 6.30. The lowest BCUT2D eigenvalue weighted by Crippen LogP contribution is -2.66. The van der Waals surface area contributed by atoms with Gasteiger partial charge in [0.2, 0.25) is 0 Å². The molecule has 1 heterocycles. The van der Waals surface area contributed by atoms with Crippen LogP contribution in [-0.4, -0.2) is 30.1 Å². The minimum absolute atomic E-state index is 0.111. The number of alkyl halides is 3.